The molecule has 1 saturated heterocycles. The van der Waals surface area contributed by atoms with Crippen LogP contribution in [0.25, 0.3) is 11.4 Å². The highest BCUT2D eigenvalue weighted by molar-refractivity contribution is 6.30. The number of aromatic amines is 1. The van der Waals surface area contributed by atoms with Crippen LogP contribution in [0.1, 0.15) is 11.7 Å². The first-order chi connectivity index (χ1) is 14.0. The molecule has 2 unspecified atom stereocenters. The topological polar surface area (TPSA) is 102 Å². The Bertz CT molecular complexity index is 1130. The van der Waals surface area contributed by atoms with Crippen molar-refractivity contribution in [1.82, 2.24) is 20.0 Å². The Morgan fingerprint density at radius 1 is 1.31 bits per heavy atom. The molecule has 0 spiro atoms. The number of benzene rings is 1. The van der Waals surface area contributed by atoms with E-state index in [1.807, 2.05) is 0 Å². The highest BCUT2D eigenvalue weighted by Crippen LogP contribution is 2.31. The lowest BCUT2D eigenvalue weighted by Crippen LogP contribution is -2.32. The van der Waals surface area contributed by atoms with Crippen LogP contribution in [0.15, 0.2) is 50.6 Å². The van der Waals surface area contributed by atoms with E-state index in [1.165, 1.54) is 10.6 Å². The summed E-state index contributed by atoms with van der Waals surface area (Å²) in [5.74, 6) is -1.27. The van der Waals surface area contributed by atoms with Crippen molar-refractivity contribution in [3.05, 3.63) is 73.8 Å². The van der Waals surface area contributed by atoms with Crippen LogP contribution in [0.2, 0.25) is 5.02 Å². The van der Waals surface area contributed by atoms with Crippen molar-refractivity contribution in [2.24, 2.45) is 5.92 Å². The van der Waals surface area contributed by atoms with E-state index >= 15 is 0 Å². The van der Waals surface area contributed by atoms with Gasteiger partial charge in [-0.25, -0.2) is 9.18 Å². The van der Waals surface area contributed by atoms with E-state index in [1.54, 1.807) is 30.5 Å². The number of hydrogen-bond donors (Lipinski definition) is 2. The fourth-order valence-corrected chi connectivity index (χ4v) is 3.66. The molecule has 2 aromatic heterocycles. The fraction of sp³-hybridized carbons (Fsp3) is 0.316. The second-order valence-corrected chi connectivity index (χ2v) is 7.16. The van der Waals surface area contributed by atoms with Gasteiger partial charge in [0.15, 0.2) is 5.82 Å². The first-order valence-corrected chi connectivity index (χ1v) is 9.44. The second kappa shape index (κ2) is 8.32. The zero-order chi connectivity index (χ0) is 20.4. The minimum atomic E-state index is -0.732. The molecule has 3 aromatic rings. The van der Waals surface area contributed by atoms with Crippen molar-refractivity contribution < 1.29 is 13.7 Å². The molecule has 1 aliphatic heterocycles. The van der Waals surface area contributed by atoms with Crippen LogP contribution in [0.3, 0.4) is 0 Å². The molecule has 2 atom stereocenters. The Kier molecular flexibility index (Phi) is 5.61. The van der Waals surface area contributed by atoms with Gasteiger partial charge in [-0.15, -0.1) is 0 Å². The highest BCUT2D eigenvalue weighted by atomic mass is 35.5. The average Bonchev–Trinajstić information content (AvgIpc) is 3.00. The Morgan fingerprint density at radius 2 is 2.17 bits per heavy atom. The standard InChI is InChI=1S/C19H18ClFN4O4/c20-14-8-11(3-4-15(14)21)16-12(9-22-5-7-28-16)10-25-6-1-2-13(18(25)26)17-23-19(27)29-24-17/h1-4,6,8,12,16,22H,5,7,9-10H2,(H,23,24,27). The van der Waals surface area contributed by atoms with Crippen LogP contribution >= 0.6 is 11.6 Å². The zero-order valence-electron chi connectivity index (χ0n) is 15.2. The third-order valence-electron chi connectivity index (χ3n) is 4.83. The molecule has 0 aliphatic carbocycles. The lowest BCUT2D eigenvalue weighted by Gasteiger charge is -2.26. The van der Waals surface area contributed by atoms with Crippen LogP contribution in [0.5, 0.6) is 0 Å². The summed E-state index contributed by atoms with van der Waals surface area (Å²) in [5.41, 5.74) is 0.648. The van der Waals surface area contributed by atoms with Crippen LogP contribution < -0.4 is 16.6 Å². The van der Waals surface area contributed by atoms with Crippen molar-refractivity contribution in [2.45, 2.75) is 12.6 Å². The van der Waals surface area contributed by atoms with Crippen LogP contribution in [0, 0.1) is 11.7 Å². The summed E-state index contributed by atoms with van der Waals surface area (Å²) < 4.78 is 25.6. The third kappa shape index (κ3) is 4.16. The van der Waals surface area contributed by atoms with Crippen LogP contribution in [-0.2, 0) is 11.3 Å². The van der Waals surface area contributed by atoms with Gasteiger partial charge in [0.2, 0.25) is 0 Å². The molecule has 1 aliphatic rings. The maximum absolute atomic E-state index is 13.6. The Balaban J connectivity index is 1.66. The first-order valence-electron chi connectivity index (χ1n) is 9.06. The highest BCUT2D eigenvalue weighted by Gasteiger charge is 2.28. The lowest BCUT2D eigenvalue weighted by atomic mass is 9.95. The van der Waals surface area contributed by atoms with Gasteiger partial charge >= 0.3 is 5.76 Å². The molecule has 0 amide bonds. The average molecular weight is 421 g/mol. The molecule has 3 heterocycles. The van der Waals surface area contributed by atoms with Crippen molar-refractivity contribution in [1.29, 1.82) is 0 Å². The van der Waals surface area contributed by atoms with Gasteiger partial charge in [0, 0.05) is 31.7 Å². The Labute approximate surface area is 169 Å². The van der Waals surface area contributed by atoms with Gasteiger partial charge in [0.25, 0.3) is 5.56 Å². The van der Waals surface area contributed by atoms with Gasteiger partial charge < -0.3 is 14.6 Å². The minimum absolute atomic E-state index is 0.0243. The minimum Gasteiger partial charge on any atom is -0.372 e. The van der Waals surface area contributed by atoms with Gasteiger partial charge in [-0.1, -0.05) is 22.8 Å². The molecule has 0 radical (unpaired) electrons. The molecule has 4 rings (SSSR count). The molecule has 2 N–H and O–H groups in total. The smallest absolute Gasteiger partial charge is 0.372 e. The molecule has 29 heavy (non-hydrogen) atoms. The van der Waals surface area contributed by atoms with E-state index in [-0.39, 0.29) is 34.0 Å². The quantitative estimate of drug-likeness (QED) is 0.669. The molecule has 1 fully saturated rings. The van der Waals surface area contributed by atoms with Crippen LogP contribution in [0.4, 0.5) is 4.39 Å². The lowest BCUT2D eigenvalue weighted by molar-refractivity contribution is 0.0250. The van der Waals surface area contributed by atoms with Crippen molar-refractivity contribution in [2.75, 3.05) is 19.7 Å². The SMILES string of the molecule is O=c1[nH]c(-c2cccn(CC3CNCCOC3c3ccc(F)c(Cl)c3)c2=O)no1. The van der Waals surface area contributed by atoms with E-state index in [4.69, 9.17) is 16.3 Å². The second-order valence-electron chi connectivity index (χ2n) is 6.75. The van der Waals surface area contributed by atoms with Gasteiger partial charge in [-0.05, 0) is 29.8 Å². The number of nitrogens with one attached hydrogen (secondary N) is 2. The van der Waals surface area contributed by atoms with E-state index in [2.05, 4.69) is 20.0 Å². The number of ether oxygens (including phenoxy) is 1. The summed E-state index contributed by atoms with van der Waals surface area (Å²) in [5, 5.41) is 6.90. The van der Waals surface area contributed by atoms with Gasteiger partial charge in [0.05, 0.1) is 23.3 Å². The summed E-state index contributed by atoms with van der Waals surface area (Å²) in [7, 11) is 0. The van der Waals surface area contributed by atoms with Crippen molar-refractivity contribution in [3.63, 3.8) is 0 Å². The van der Waals surface area contributed by atoms with E-state index in [0.29, 0.717) is 26.2 Å². The Hall–Kier alpha value is -2.75. The van der Waals surface area contributed by atoms with Gasteiger partial charge in [-0.3, -0.25) is 14.3 Å². The number of rotatable bonds is 4. The predicted octanol–water partition coefficient (Wildman–Crippen LogP) is 1.96. The predicted molar refractivity (Wildman–Crippen MR) is 103 cm³/mol. The molecule has 8 nitrogen and oxygen atoms in total. The van der Waals surface area contributed by atoms with Crippen molar-refractivity contribution >= 4 is 11.6 Å². The van der Waals surface area contributed by atoms with Crippen LogP contribution in [-0.4, -0.2) is 34.4 Å². The summed E-state index contributed by atoms with van der Waals surface area (Å²) >= 11 is 5.95. The van der Waals surface area contributed by atoms with Gasteiger partial charge in [-0.2, -0.15) is 0 Å². The number of halogens is 2. The summed E-state index contributed by atoms with van der Waals surface area (Å²) in [6.45, 7) is 2.07. The van der Waals surface area contributed by atoms with E-state index in [0.717, 1.165) is 5.56 Å². The molecular weight excluding hydrogens is 403 g/mol. The number of pyridine rings is 1. The maximum atomic E-state index is 13.6. The maximum Gasteiger partial charge on any atom is 0.439 e. The summed E-state index contributed by atoms with van der Waals surface area (Å²) in [6.07, 6.45) is 1.29. The molecule has 1 aromatic carbocycles. The summed E-state index contributed by atoms with van der Waals surface area (Å²) in [6, 6.07) is 7.76. The van der Waals surface area contributed by atoms with E-state index < -0.39 is 11.6 Å². The number of nitrogens with zero attached hydrogens (tertiary/aromatic N) is 2. The number of aromatic nitrogens is 3. The first kappa shape index (κ1) is 19.6. The monoisotopic (exact) mass is 420 g/mol. The van der Waals surface area contributed by atoms with E-state index in [9.17, 15) is 14.0 Å². The molecule has 0 bridgehead atoms. The largest absolute Gasteiger partial charge is 0.439 e. The summed E-state index contributed by atoms with van der Waals surface area (Å²) in [4.78, 5) is 26.5. The third-order valence-corrected chi connectivity index (χ3v) is 5.12. The molecule has 10 heteroatoms. The number of H-pyrrole nitrogens is 1. The number of hydrogen-bond acceptors (Lipinski definition) is 6. The van der Waals surface area contributed by atoms with Crippen molar-refractivity contribution in [3.8, 4) is 11.4 Å². The molecule has 152 valence electrons. The molecular formula is C19H18ClFN4O4. The Morgan fingerprint density at radius 3 is 2.93 bits per heavy atom. The molecule has 0 saturated carbocycles. The fourth-order valence-electron chi connectivity index (χ4n) is 3.47. The normalized spacial score (nSPS) is 19.8. The zero-order valence-corrected chi connectivity index (χ0v) is 16.0. The van der Waals surface area contributed by atoms with Gasteiger partial charge in [0.1, 0.15) is 5.82 Å².